The Bertz CT molecular complexity index is 925. The molecule has 1 aliphatic rings. The van der Waals surface area contributed by atoms with E-state index in [2.05, 4.69) is 15.3 Å². The quantitative estimate of drug-likeness (QED) is 0.720. The Morgan fingerprint density at radius 2 is 1.85 bits per heavy atom. The third-order valence-electron chi connectivity index (χ3n) is 4.62. The van der Waals surface area contributed by atoms with Gasteiger partial charge in [0.05, 0.1) is 5.69 Å². The molecule has 0 saturated heterocycles. The first-order valence-electron chi connectivity index (χ1n) is 8.80. The second-order valence-corrected chi connectivity index (χ2v) is 6.80. The van der Waals surface area contributed by atoms with E-state index in [4.69, 9.17) is 0 Å². The van der Waals surface area contributed by atoms with Gasteiger partial charge in [-0.3, -0.25) is 4.79 Å². The number of H-pyrrole nitrogens is 1. The van der Waals surface area contributed by atoms with E-state index in [1.54, 1.807) is 12.1 Å². The molecule has 1 heterocycles. The van der Waals surface area contributed by atoms with Gasteiger partial charge in [0, 0.05) is 18.0 Å². The molecule has 1 amide bonds. The first-order valence-corrected chi connectivity index (χ1v) is 8.80. The minimum absolute atomic E-state index is 0.183. The molecule has 1 aromatic heterocycles. The summed E-state index contributed by atoms with van der Waals surface area (Å²) in [6.45, 7) is 2.49. The van der Waals surface area contributed by atoms with Gasteiger partial charge in [0.1, 0.15) is 17.3 Å². The van der Waals surface area contributed by atoms with Crippen molar-refractivity contribution in [1.82, 2.24) is 15.3 Å². The SMILES string of the molecule is Cc1ccc(CNC(=O)c2nc(-c3ccc(F)cc3)[nH]c2C2CC2)cc1. The maximum atomic E-state index is 13.1. The Hall–Kier alpha value is -2.95. The standard InChI is InChI=1S/C21H20FN3O/c1-13-2-4-14(5-3-13)12-23-21(26)19-18(15-6-7-15)24-20(25-19)16-8-10-17(22)11-9-16/h2-5,8-11,15H,6-7,12H2,1H3,(H,23,26)(H,24,25). The third kappa shape index (κ3) is 3.52. The van der Waals surface area contributed by atoms with Crippen molar-refractivity contribution in [1.29, 1.82) is 0 Å². The number of nitrogens with one attached hydrogen (secondary N) is 2. The largest absolute Gasteiger partial charge is 0.347 e. The Balaban J connectivity index is 1.55. The summed E-state index contributed by atoms with van der Waals surface area (Å²) in [6, 6.07) is 14.2. The molecule has 1 aliphatic carbocycles. The summed E-state index contributed by atoms with van der Waals surface area (Å²) in [4.78, 5) is 20.5. The number of halogens is 1. The monoisotopic (exact) mass is 349 g/mol. The van der Waals surface area contributed by atoms with Crippen LogP contribution in [0.2, 0.25) is 0 Å². The zero-order valence-corrected chi connectivity index (χ0v) is 14.6. The van der Waals surface area contributed by atoms with Crippen LogP contribution in [0.15, 0.2) is 48.5 Å². The number of aromatic nitrogens is 2. The molecule has 5 heteroatoms. The number of hydrogen-bond acceptors (Lipinski definition) is 2. The smallest absolute Gasteiger partial charge is 0.272 e. The summed E-state index contributed by atoms with van der Waals surface area (Å²) >= 11 is 0. The maximum absolute atomic E-state index is 13.1. The molecule has 4 rings (SSSR count). The summed E-state index contributed by atoms with van der Waals surface area (Å²) in [5, 5.41) is 2.95. The number of imidazole rings is 1. The highest BCUT2D eigenvalue weighted by atomic mass is 19.1. The van der Waals surface area contributed by atoms with Crippen LogP contribution < -0.4 is 5.32 Å². The van der Waals surface area contributed by atoms with Gasteiger partial charge in [-0.2, -0.15) is 0 Å². The van der Waals surface area contributed by atoms with Crippen LogP contribution in [-0.4, -0.2) is 15.9 Å². The lowest BCUT2D eigenvalue weighted by Crippen LogP contribution is -2.24. The van der Waals surface area contributed by atoms with Crippen LogP contribution in [0.1, 0.15) is 46.1 Å². The van der Waals surface area contributed by atoms with Gasteiger partial charge in [-0.1, -0.05) is 29.8 Å². The van der Waals surface area contributed by atoms with E-state index >= 15 is 0 Å². The van der Waals surface area contributed by atoms with Gasteiger partial charge in [0.25, 0.3) is 5.91 Å². The number of benzene rings is 2. The van der Waals surface area contributed by atoms with E-state index in [1.165, 1.54) is 17.7 Å². The lowest BCUT2D eigenvalue weighted by molar-refractivity contribution is 0.0945. The van der Waals surface area contributed by atoms with Gasteiger partial charge in [0.15, 0.2) is 0 Å². The van der Waals surface area contributed by atoms with Crippen LogP contribution in [-0.2, 0) is 6.54 Å². The van der Waals surface area contributed by atoms with E-state index in [0.29, 0.717) is 24.0 Å². The molecule has 1 saturated carbocycles. The Morgan fingerprint density at radius 1 is 1.15 bits per heavy atom. The van der Waals surface area contributed by atoms with Gasteiger partial charge in [-0.05, 0) is 49.6 Å². The van der Waals surface area contributed by atoms with E-state index in [0.717, 1.165) is 29.7 Å². The second-order valence-electron chi connectivity index (χ2n) is 6.80. The highest BCUT2D eigenvalue weighted by Gasteiger charge is 2.31. The number of nitrogens with zero attached hydrogens (tertiary/aromatic N) is 1. The minimum Gasteiger partial charge on any atom is -0.347 e. The van der Waals surface area contributed by atoms with Crippen LogP contribution in [0.25, 0.3) is 11.4 Å². The molecular formula is C21H20FN3O. The fourth-order valence-electron chi connectivity index (χ4n) is 2.94. The van der Waals surface area contributed by atoms with Gasteiger partial charge in [-0.15, -0.1) is 0 Å². The summed E-state index contributed by atoms with van der Waals surface area (Å²) in [6.07, 6.45) is 2.12. The van der Waals surface area contributed by atoms with Gasteiger partial charge < -0.3 is 10.3 Å². The first-order chi connectivity index (χ1) is 12.6. The normalized spacial score (nSPS) is 13.6. The van der Waals surface area contributed by atoms with Crippen molar-refractivity contribution in [2.24, 2.45) is 0 Å². The lowest BCUT2D eigenvalue weighted by atomic mass is 10.1. The molecular weight excluding hydrogens is 329 g/mol. The van der Waals surface area contributed by atoms with Gasteiger partial charge in [0.2, 0.25) is 0 Å². The van der Waals surface area contributed by atoms with E-state index in [9.17, 15) is 9.18 Å². The van der Waals surface area contributed by atoms with Gasteiger partial charge in [-0.25, -0.2) is 9.37 Å². The zero-order valence-electron chi connectivity index (χ0n) is 14.6. The minimum atomic E-state index is -0.293. The van der Waals surface area contributed by atoms with Crippen molar-refractivity contribution >= 4 is 5.91 Å². The number of rotatable bonds is 5. The third-order valence-corrected chi connectivity index (χ3v) is 4.62. The number of carbonyl (C=O) groups is 1. The average Bonchev–Trinajstić information content (AvgIpc) is 3.40. The topological polar surface area (TPSA) is 57.8 Å². The fourth-order valence-corrected chi connectivity index (χ4v) is 2.94. The van der Waals surface area contributed by atoms with Crippen molar-refractivity contribution in [3.05, 3.63) is 76.9 Å². The summed E-state index contributed by atoms with van der Waals surface area (Å²) < 4.78 is 13.1. The molecule has 26 heavy (non-hydrogen) atoms. The maximum Gasteiger partial charge on any atom is 0.272 e. The number of aromatic amines is 1. The Morgan fingerprint density at radius 3 is 2.50 bits per heavy atom. The predicted octanol–water partition coefficient (Wildman–Crippen LogP) is 4.33. The van der Waals surface area contributed by atoms with E-state index in [1.807, 2.05) is 31.2 Å². The highest BCUT2D eigenvalue weighted by Crippen LogP contribution is 2.41. The fraction of sp³-hybridized carbons (Fsp3) is 0.238. The van der Waals surface area contributed by atoms with Crippen molar-refractivity contribution < 1.29 is 9.18 Å². The van der Waals surface area contributed by atoms with Crippen LogP contribution in [0, 0.1) is 12.7 Å². The molecule has 0 aliphatic heterocycles. The predicted molar refractivity (Wildman–Crippen MR) is 98.3 cm³/mol. The number of aryl methyl sites for hydroxylation is 1. The van der Waals surface area contributed by atoms with Crippen molar-refractivity contribution in [3.8, 4) is 11.4 Å². The van der Waals surface area contributed by atoms with Crippen LogP contribution >= 0.6 is 0 Å². The summed E-state index contributed by atoms with van der Waals surface area (Å²) in [5.74, 6) is 0.486. The van der Waals surface area contributed by atoms with Crippen LogP contribution in [0.5, 0.6) is 0 Å². The summed E-state index contributed by atoms with van der Waals surface area (Å²) in [7, 11) is 0. The summed E-state index contributed by atoms with van der Waals surface area (Å²) in [5.41, 5.74) is 4.33. The Kier molecular flexibility index (Phi) is 4.29. The molecule has 132 valence electrons. The van der Waals surface area contributed by atoms with Crippen molar-refractivity contribution in [2.75, 3.05) is 0 Å². The number of amides is 1. The molecule has 0 bridgehead atoms. The molecule has 0 spiro atoms. The van der Waals surface area contributed by atoms with E-state index < -0.39 is 0 Å². The first kappa shape index (κ1) is 16.5. The van der Waals surface area contributed by atoms with Gasteiger partial charge >= 0.3 is 0 Å². The molecule has 2 N–H and O–H groups in total. The van der Waals surface area contributed by atoms with Crippen molar-refractivity contribution in [3.63, 3.8) is 0 Å². The molecule has 3 aromatic rings. The number of carbonyl (C=O) groups excluding carboxylic acids is 1. The highest BCUT2D eigenvalue weighted by molar-refractivity contribution is 5.94. The molecule has 4 nitrogen and oxygen atoms in total. The second kappa shape index (κ2) is 6.75. The Labute approximate surface area is 151 Å². The lowest BCUT2D eigenvalue weighted by Gasteiger charge is -2.05. The molecule has 0 atom stereocenters. The molecule has 0 radical (unpaired) electrons. The van der Waals surface area contributed by atoms with Crippen molar-refractivity contribution in [2.45, 2.75) is 32.2 Å². The van der Waals surface area contributed by atoms with Crippen LogP contribution in [0.3, 0.4) is 0 Å². The molecule has 2 aromatic carbocycles. The number of hydrogen-bond donors (Lipinski definition) is 2. The van der Waals surface area contributed by atoms with Crippen LogP contribution in [0.4, 0.5) is 4.39 Å². The molecule has 1 fully saturated rings. The average molecular weight is 349 g/mol. The molecule has 0 unspecified atom stereocenters. The van der Waals surface area contributed by atoms with E-state index in [-0.39, 0.29) is 11.7 Å². The zero-order chi connectivity index (χ0) is 18.1.